The maximum absolute atomic E-state index is 11.6. The highest BCUT2D eigenvalue weighted by molar-refractivity contribution is 7.89. The van der Waals surface area contributed by atoms with Crippen molar-refractivity contribution in [2.24, 2.45) is 5.92 Å². The summed E-state index contributed by atoms with van der Waals surface area (Å²) < 4.78 is 24.8. The van der Waals surface area contributed by atoms with E-state index in [9.17, 15) is 23.2 Å². The highest BCUT2D eigenvalue weighted by Crippen LogP contribution is 2.29. The van der Waals surface area contributed by atoms with Gasteiger partial charge in [0.05, 0.1) is 4.90 Å². The van der Waals surface area contributed by atoms with Crippen LogP contribution in [0.4, 0.5) is 0 Å². The summed E-state index contributed by atoms with van der Waals surface area (Å²) in [6.45, 7) is 11.2. The van der Waals surface area contributed by atoms with Crippen LogP contribution < -0.4 is 4.72 Å². The van der Waals surface area contributed by atoms with Crippen molar-refractivity contribution in [1.82, 2.24) is 19.6 Å². The molecule has 0 spiro atoms. The predicted octanol–water partition coefficient (Wildman–Crippen LogP) is 3.34. The third kappa shape index (κ3) is 13.1. The summed E-state index contributed by atoms with van der Waals surface area (Å²) in [7, 11) is 0.0463. The smallest absolute Gasteiger partial charge is 0.240 e. The van der Waals surface area contributed by atoms with E-state index in [2.05, 4.69) is 30.2 Å². The number of hydrogen-bond donors (Lipinski definition) is 2. The van der Waals surface area contributed by atoms with Crippen molar-refractivity contribution in [2.45, 2.75) is 63.2 Å². The van der Waals surface area contributed by atoms with Crippen molar-refractivity contribution in [3.63, 3.8) is 0 Å². The molecule has 9 nitrogen and oxygen atoms in total. The molecule has 38 heavy (non-hydrogen) atoms. The quantitative estimate of drug-likeness (QED) is 0.219. The van der Waals surface area contributed by atoms with Crippen LogP contribution in [-0.4, -0.2) is 94.0 Å². The lowest BCUT2D eigenvalue weighted by atomic mass is 9.84. The lowest BCUT2D eigenvalue weighted by molar-refractivity contribution is -0.137. The molecule has 2 fully saturated rings. The first kappa shape index (κ1) is 33.9. The van der Waals surface area contributed by atoms with Gasteiger partial charge in [-0.1, -0.05) is 31.6 Å². The van der Waals surface area contributed by atoms with E-state index in [0.29, 0.717) is 18.2 Å². The maximum Gasteiger partial charge on any atom is 0.240 e. The van der Waals surface area contributed by atoms with E-state index < -0.39 is 10.0 Å². The van der Waals surface area contributed by atoms with Crippen LogP contribution >= 0.6 is 0 Å². The molecule has 1 aliphatic carbocycles. The Balaban J connectivity index is 0.000000286. The molecule has 1 amide bonds. The van der Waals surface area contributed by atoms with E-state index in [1.165, 1.54) is 43.5 Å². The van der Waals surface area contributed by atoms with Crippen LogP contribution in [0.25, 0.3) is 0 Å². The van der Waals surface area contributed by atoms with Crippen molar-refractivity contribution < 1.29 is 23.2 Å². The summed E-state index contributed by atoms with van der Waals surface area (Å²) in [5, 5.41) is 10.7. The molecule has 216 valence electrons. The molecule has 0 radical (unpaired) electrons. The second-order valence-electron chi connectivity index (χ2n) is 9.74. The van der Waals surface area contributed by atoms with Gasteiger partial charge in [-0.2, -0.15) is 5.06 Å². The zero-order chi connectivity index (χ0) is 28.4. The number of nitrogens with one attached hydrogen (secondary N) is 1. The number of likely N-dealkylation sites (N-methyl/N-ethyl adjacent to an activating group) is 1. The number of carbonyl (C=O) groups excluding carboxylic acids is 2. The molecule has 1 aliphatic heterocycles. The minimum Gasteiger partial charge on any atom is -0.342 e. The lowest BCUT2D eigenvalue weighted by Gasteiger charge is -2.28. The van der Waals surface area contributed by atoms with E-state index in [0.717, 1.165) is 76.8 Å². The van der Waals surface area contributed by atoms with E-state index in [-0.39, 0.29) is 4.90 Å². The highest BCUT2D eigenvalue weighted by Gasteiger charge is 2.30. The first-order valence-electron chi connectivity index (χ1n) is 13.7. The Bertz CT molecular complexity index is 914. The fraction of sp³-hybridized carbons (Fsp3) is 0.643. The van der Waals surface area contributed by atoms with Crippen LogP contribution in [0.5, 0.6) is 0 Å². The zero-order valence-corrected chi connectivity index (χ0v) is 24.3. The van der Waals surface area contributed by atoms with Gasteiger partial charge in [0.25, 0.3) is 0 Å². The summed E-state index contributed by atoms with van der Waals surface area (Å²) in [5.41, 5.74) is 0.801. The van der Waals surface area contributed by atoms with Crippen LogP contribution in [-0.2, 0) is 26.0 Å². The van der Waals surface area contributed by atoms with Gasteiger partial charge < -0.3 is 19.8 Å². The molecule has 1 heterocycles. The van der Waals surface area contributed by atoms with Crippen LogP contribution in [0.2, 0.25) is 0 Å². The van der Waals surface area contributed by atoms with Crippen molar-refractivity contribution in [3.8, 4) is 0 Å². The fourth-order valence-corrected chi connectivity index (χ4v) is 4.80. The molecule has 1 aromatic carbocycles. The summed E-state index contributed by atoms with van der Waals surface area (Å²) in [6, 6.07) is 6.20. The normalized spacial score (nSPS) is 15.3. The number of amides is 1. The molecule has 10 heteroatoms. The summed E-state index contributed by atoms with van der Waals surface area (Å²) in [5.74, 6) is 0.849. The fourth-order valence-electron chi connectivity index (χ4n) is 4.07. The number of hydrogen-bond acceptors (Lipinski definition) is 7. The molecule has 2 aliphatic rings. The van der Waals surface area contributed by atoms with Crippen LogP contribution in [0.1, 0.15) is 57.4 Å². The van der Waals surface area contributed by atoms with Gasteiger partial charge in [0.15, 0.2) is 0 Å². The van der Waals surface area contributed by atoms with Gasteiger partial charge in [0, 0.05) is 45.1 Å². The molecule has 0 bridgehead atoms. The number of likely N-dealkylation sites (tertiary alicyclic amines) is 1. The minimum atomic E-state index is -3.37. The molecule has 0 aromatic heterocycles. The predicted molar refractivity (Wildman–Crippen MR) is 152 cm³/mol. The number of rotatable bonds is 13. The van der Waals surface area contributed by atoms with Crippen LogP contribution in [0.15, 0.2) is 41.8 Å². The number of aldehydes is 1. The number of nitrogens with zero attached hydrogens (tertiary/aromatic N) is 3. The van der Waals surface area contributed by atoms with Crippen molar-refractivity contribution in [2.75, 3.05) is 53.4 Å². The Morgan fingerprint density at radius 1 is 1.13 bits per heavy atom. The van der Waals surface area contributed by atoms with Crippen LogP contribution in [0.3, 0.4) is 0 Å². The number of benzene rings is 1. The molecule has 1 saturated carbocycles. The number of carbonyl (C=O) groups is 2. The van der Waals surface area contributed by atoms with Crippen molar-refractivity contribution >= 4 is 22.2 Å². The van der Waals surface area contributed by atoms with Gasteiger partial charge in [0.1, 0.15) is 6.29 Å². The third-order valence-corrected chi connectivity index (χ3v) is 8.00. The Hall–Kier alpha value is -2.11. The standard InChI is InChI=1S/C10H22N2O.C9H11NO3S.C9H15NO/c1-4-7-11(3)9-6-10-12(13)8-5-2;1-10-14(12,13)9-4-2-8(3-5-9)6-7-11;11-9(8-4-3-5-8)10-6-1-2-7-10/h4,13H,1,5-10H2,2-3H3;2-5,7,10H,6H2,1H3;8H,1-7H2. The topological polar surface area (TPSA) is 110 Å². The highest BCUT2D eigenvalue weighted by atomic mass is 32.2. The maximum atomic E-state index is 11.6. The molecule has 0 atom stereocenters. The van der Waals surface area contributed by atoms with Gasteiger partial charge >= 0.3 is 0 Å². The van der Waals surface area contributed by atoms with Crippen LogP contribution in [0, 0.1) is 5.92 Å². The average molecular weight is 553 g/mol. The van der Waals surface area contributed by atoms with Gasteiger partial charge in [-0.05, 0) is 76.9 Å². The SMILES string of the molecule is C=CCN(C)CCCN(O)CCC.CNS(=O)(=O)c1ccc(CC=O)cc1.O=C(C1CCC1)N1CCCC1. The Kier molecular flexibility index (Phi) is 17.0. The first-order valence-corrected chi connectivity index (χ1v) is 15.1. The summed E-state index contributed by atoms with van der Waals surface area (Å²) >= 11 is 0. The monoisotopic (exact) mass is 552 g/mol. The lowest BCUT2D eigenvalue weighted by Crippen LogP contribution is -2.36. The van der Waals surface area contributed by atoms with Gasteiger partial charge in [-0.3, -0.25) is 4.79 Å². The summed E-state index contributed by atoms with van der Waals surface area (Å²) in [4.78, 5) is 26.2. The molecule has 0 unspecified atom stereocenters. The van der Waals surface area contributed by atoms with E-state index in [1.807, 2.05) is 11.0 Å². The van der Waals surface area contributed by atoms with Gasteiger partial charge in [0.2, 0.25) is 15.9 Å². The minimum absolute atomic E-state index is 0.203. The Morgan fingerprint density at radius 3 is 2.24 bits per heavy atom. The first-order chi connectivity index (χ1) is 18.2. The second-order valence-corrected chi connectivity index (χ2v) is 11.6. The third-order valence-electron chi connectivity index (χ3n) is 6.57. The van der Waals surface area contributed by atoms with E-state index in [1.54, 1.807) is 12.1 Å². The molecule has 1 aromatic rings. The van der Waals surface area contributed by atoms with E-state index >= 15 is 0 Å². The van der Waals surface area contributed by atoms with Crippen molar-refractivity contribution in [3.05, 3.63) is 42.5 Å². The molecular weight excluding hydrogens is 504 g/mol. The Morgan fingerprint density at radius 2 is 1.76 bits per heavy atom. The number of sulfonamides is 1. The van der Waals surface area contributed by atoms with E-state index in [4.69, 9.17) is 0 Å². The van der Waals surface area contributed by atoms with Gasteiger partial charge in [-0.15, -0.1) is 6.58 Å². The number of hydroxylamine groups is 2. The summed E-state index contributed by atoms with van der Waals surface area (Å²) in [6.07, 6.45) is 11.0. The van der Waals surface area contributed by atoms with Gasteiger partial charge in [-0.25, -0.2) is 13.1 Å². The largest absolute Gasteiger partial charge is 0.342 e. The average Bonchev–Trinajstić information content (AvgIpc) is 3.40. The second kappa shape index (κ2) is 19.0. The molecule has 2 N–H and O–H groups in total. The zero-order valence-electron chi connectivity index (χ0n) is 23.5. The Labute approximate surface area is 229 Å². The van der Waals surface area contributed by atoms with Crippen molar-refractivity contribution in [1.29, 1.82) is 0 Å². The molecular formula is C28H48N4O5S. The molecule has 1 saturated heterocycles. The molecule has 3 rings (SSSR count).